The second-order valence-corrected chi connectivity index (χ2v) is 6.79. The number of amides is 2. The maximum atomic E-state index is 12.6. The Morgan fingerprint density at radius 2 is 1.48 bits per heavy atom. The van der Waals surface area contributed by atoms with E-state index in [-0.39, 0.29) is 6.03 Å². The van der Waals surface area contributed by atoms with Gasteiger partial charge in [0.1, 0.15) is 0 Å². The van der Waals surface area contributed by atoms with E-state index in [4.69, 9.17) is 4.74 Å². The van der Waals surface area contributed by atoms with Crippen LogP contribution in [0.5, 0.6) is 0 Å². The molecular weight excluding hydrogens is 361 g/mol. The van der Waals surface area contributed by atoms with Gasteiger partial charge in [0.05, 0.1) is 18.8 Å². The Balaban J connectivity index is 1.40. The van der Waals surface area contributed by atoms with E-state index in [1.165, 1.54) is 12.1 Å². The Kier molecular flexibility index (Phi) is 6.56. The molecule has 2 saturated heterocycles. The first-order valence-electron chi connectivity index (χ1n) is 9.17. The summed E-state index contributed by atoms with van der Waals surface area (Å²) < 4.78 is 43.1. The molecule has 0 spiro atoms. The van der Waals surface area contributed by atoms with Crippen molar-refractivity contribution in [2.75, 3.05) is 70.9 Å². The summed E-state index contributed by atoms with van der Waals surface area (Å²) in [6.45, 7) is 8.29. The summed E-state index contributed by atoms with van der Waals surface area (Å²) in [6.07, 6.45) is -4.37. The van der Waals surface area contributed by atoms with Gasteiger partial charge in [0.15, 0.2) is 0 Å². The van der Waals surface area contributed by atoms with Crippen molar-refractivity contribution in [2.24, 2.45) is 0 Å². The molecule has 3 rings (SSSR count). The summed E-state index contributed by atoms with van der Waals surface area (Å²) in [4.78, 5) is 18.7. The topological polar surface area (TPSA) is 48.1 Å². The summed E-state index contributed by atoms with van der Waals surface area (Å²) in [6, 6.07) is 4.22. The molecule has 0 bridgehead atoms. The molecule has 9 heteroatoms. The molecule has 0 atom stereocenters. The Bertz CT molecular complexity index is 610. The monoisotopic (exact) mass is 386 g/mol. The van der Waals surface area contributed by atoms with E-state index in [0.29, 0.717) is 18.8 Å². The van der Waals surface area contributed by atoms with Crippen molar-refractivity contribution in [3.05, 3.63) is 29.8 Å². The van der Waals surface area contributed by atoms with Crippen molar-refractivity contribution < 1.29 is 22.7 Å². The SMILES string of the molecule is O=C(Nc1ccc(C(F)(F)F)cc1)N1CCN(CCN2CCOCC2)CC1. The fraction of sp³-hybridized carbons (Fsp3) is 0.611. The molecule has 2 fully saturated rings. The van der Waals surface area contributed by atoms with Gasteiger partial charge in [-0.2, -0.15) is 13.2 Å². The van der Waals surface area contributed by atoms with E-state index in [9.17, 15) is 18.0 Å². The lowest BCUT2D eigenvalue weighted by molar-refractivity contribution is -0.137. The quantitative estimate of drug-likeness (QED) is 0.862. The van der Waals surface area contributed by atoms with Crippen LogP contribution in [-0.2, 0) is 10.9 Å². The molecule has 1 N–H and O–H groups in total. The van der Waals surface area contributed by atoms with Crippen molar-refractivity contribution >= 4 is 11.7 Å². The minimum Gasteiger partial charge on any atom is -0.379 e. The molecule has 0 saturated carbocycles. The summed E-state index contributed by atoms with van der Waals surface area (Å²) >= 11 is 0. The lowest BCUT2D eigenvalue weighted by Crippen LogP contribution is -2.51. The van der Waals surface area contributed by atoms with Crippen molar-refractivity contribution in [1.82, 2.24) is 14.7 Å². The Hall–Kier alpha value is -1.84. The van der Waals surface area contributed by atoms with Gasteiger partial charge < -0.3 is 15.0 Å². The molecule has 150 valence electrons. The summed E-state index contributed by atoms with van der Waals surface area (Å²) in [5.74, 6) is 0. The van der Waals surface area contributed by atoms with E-state index in [2.05, 4.69) is 15.1 Å². The van der Waals surface area contributed by atoms with Gasteiger partial charge in [-0.25, -0.2) is 4.79 Å². The number of urea groups is 1. The van der Waals surface area contributed by atoms with Crippen LogP contribution in [0.2, 0.25) is 0 Å². The molecular formula is C18H25F3N4O2. The third kappa shape index (κ3) is 5.82. The molecule has 2 amide bonds. The van der Waals surface area contributed by atoms with Crippen LogP contribution >= 0.6 is 0 Å². The number of anilines is 1. The van der Waals surface area contributed by atoms with Crippen LogP contribution in [0.25, 0.3) is 0 Å². The molecule has 1 aromatic rings. The number of carbonyl (C=O) groups excluding carboxylic acids is 1. The zero-order valence-electron chi connectivity index (χ0n) is 15.2. The lowest BCUT2D eigenvalue weighted by Gasteiger charge is -2.36. The molecule has 6 nitrogen and oxygen atoms in total. The highest BCUT2D eigenvalue weighted by Crippen LogP contribution is 2.29. The van der Waals surface area contributed by atoms with Crippen LogP contribution in [-0.4, -0.2) is 86.3 Å². The van der Waals surface area contributed by atoms with Gasteiger partial charge in [0.25, 0.3) is 0 Å². The fourth-order valence-electron chi connectivity index (χ4n) is 3.23. The highest BCUT2D eigenvalue weighted by Gasteiger charge is 2.30. The van der Waals surface area contributed by atoms with Crippen molar-refractivity contribution in [3.63, 3.8) is 0 Å². The highest BCUT2D eigenvalue weighted by molar-refractivity contribution is 5.89. The number of benzene rings is 1. The molecule has 2 aliphatic heterocycles. The molecule has 0 radical (unpaired) electrons. The smallest absolute Gasteiger partial charge is 0.379 e. The number of nitrogens with one attached hydrogen (secondary N) is 1. The second kappa shape index (κ2) is 8.90. The first kappa shape index (κ1) is 19.9. The first-order chi connectivity index (χ1) is 12.9. The third-order valence-electron chi connectivity index (χ3n) is 4.96. The van der Waals surface area contributed by atoms with E-state index in [0.717, 1.165) is 64.6 Å². The van der Waals surface area contributed by atoms with Crippen LogP contribution in [0.15, 0.2) is 24.3 Å². The standard InChI is InChI=1S/C18H25F3N4O2/c19-18(20,21)15-1-3-16(4-2-15)22-17(26)25-9-7-23(8-10-25)5-6-24-11-13-27-14-12-24/h1-4H,5-14H2,(H,22,26). The average molecular weight is 386 g/mol. The summed E-state index contributed by atoms with van der Waals surface area (Å²) in [7, 11) is 0. The van der Waals surface area contributed by atoms with Gasteiger partial charge in [0, 0.05) is 58.0 Å². The van der Waals surface area contributed by atoms with Crippen molar-refractivity contribution in [3.8, 4) is 0 Å². The van der Waals surface area contributed by atoms with Gasteiger partial charge in [-0.1, -0.05) is 0 Å². The van der Waals surface area contributed by atoms with Gasteiger partial charge in [0.2, 0.25) is 0 Å². The molecule has 1 aromatic carbocycles. The maximum Gasteiger partial charge on any atom is 0.416 e. The Morgan fingerprint density at radius 3 is 2.04 bits per heavy atom. The summed E-state index contributed by atoms with van der Waals surface area (Å²) in [5, 5.41) is 2.67. The molecule has 2 aliphatic rings. The van der Waals surface area contributed by atoms with Gasteiger partial charge in [-0.15, -0.1) is 0 Å². The van der Waals surface area contributed by atoms with Crippen LogP contribution in [0.3, 0.4) is 0 Å². The number of morpholine rings is 1. The van der Waals surface area contributed by atoms with Gasteiger partial charge in [-0.3, -0.25) is 9.80 Å². The highest BCUT2D eigenvalue weighted by atomic mass is 19.4. The number of hydrogen-bond donors (Lipinski definition) is 1. The largest absolute Gasteiger partial charge is 0.416 e. The lowest BCUT2D eigenvalue weighted by atomic mass is 10.2. The zero-order valence-corrected chi connectivity index (χ0v) is 15.2. The first-order valence-corrected chi connectivity index (χ1v) is 9.17. The molecule has 2 heterocycles. The Labute approximate surface area is 156 Å². The minimum atomic E-state index is -4.37. The number of rotatable bonds is 4. The number of hydrogen-bond acceptors (Lipinski definition) is 4. The Morgan fingerprint density at radius 1 is 0.926 bits per heavy atom. The molecule has 0 unspecified atom stereocenters. The van der Waals surface area contributed by atoms with Crippen molar-refractivity contribution in [1.29, 1.82) is 0 Å². The van der Waals surface area contributed by atoms with E-state index >= 15 is 0 Å². The van der Waals surface area contributed by atoms with E-state index in [1.807, 2.05) is 0 Å². The van der Waals surface area contributed by atoms with E-state index < -0.39 is 11.7 Å². The maximum absolute atomic E-state index is 12.6. The number of nitrogens with zero attached hydrogens (tertiary/aromatic N) is 3. The summed E-state index contributed by atoms with van der Waals surface area (Å²) in [5.41, 5.74) is -0.364. The number of piperazine rings is 1. The fourth-order valence-corrected chi connectivity index (χ4v) is 3.23. The molecule has 27 heavy (non-hydrogen) atoms. The van der Waals surface area contributed by atoms with Crippen LogP contribution < -0.4 is 5.32 Å². The number of halogens is 3. The number of alkyl halides is 3. The minimum absolute atomic E-state index is 0.275. The predicted octanol–water partition coefficient (Wildman–Crippen LogP) is 2.19. The zero-order chi connectivity index (χ0) is 19.3. The third-order valence-corrected chi connectivity index (χ3v) is 4.96. The molecule has 0 aliphatic carbocycles. The normalized spacial score (nSPS) is 19.9. The predicted molar refractivity (Wildman–Crippen MR) is 95.7 cm³/mol. The molecule has 0 aromatic heterocycles. The average Bonchev–Trinajstić information content (AvgIpc) is 2.67. The van der Waals surface area contributed by atoms with Crippen molar-refractivity contribution in [2.45, 2.75) is 6.18 Å². The van der Waals surface area contributed by atoms with Crippen LogP contribution in [0, 0.1) is 0 Å². The van der Waals surface area contributed by atoms with E-state index in [1.54, 1.807) is 4.90 Å². The number of ether oxygens (including phenoxy) is 1. The number of carbonyl (C=O) groups is 1. The van der Waals surface area contributed by atoms with Gasteiger partial charge >= 0.3 is 12.2 Å². The van der Waals surface area contributed by atoms with Crippen LogP contribution in [0.1, 0.15) is 5.56 Å². The second-order valence-electron chi connectivity index (χ2n) is 6.79. The van der Waals surface area contributed by atoms with Crippen LogP contribution in [0.4, 0.5) is 23.7 Å². The van der Waals surface area contributed by atoms with Gasteiger partial charge in [-0.05, 0) is 24.3 Å².